The van der Waals surface area contributed by atoms with Crippen LogP contribution in [0.25, 0.3) is 6.08 Å². The highest BCUT2D eigenvalue weighted by atomic mass is 35.5. The summed E-state index contributed by atoms with van der Waals surface area (Å²) in [5, 5.41) is 0.558. The number of halogens is 4. The molecule has 1 heterocycles. The molecule has 0 unspecified atom stereocenters. The molecule has 0 spiro atoms. The average Bonchev–Trinajstić information content (AvgIpc) is 2.37. The van der Waals surface area contributed by atoms with Gasteiger partial charge in [-0.3, -0.25) is 0 Å². The van der Waals surface area contributed by atoms with E-state index in [1.54, 1.807) is 12.1 Å². The third-order valence-electron chi connectivity index (χ3n) is 3.51. The largest absolute Gasteiger partial charge is 0.391 e. The summed E-state index contributed by atoms with van der Waals surface area (Å²) >= 11 is 6.16. The van der Waals surface area contributed by atoms with E-state index in [4.69, 9.17) is 11.6 Å². The van der Waals surface area contributed by atoms with Gasteiger partial charge < -0.3 is 4.90 Å². The number of hydrogen-bond acceptors (Lipinski definition) is 1. The van der Waals surface area contributed by atoms with Crippen LogP contribution in [0.3, 0.4) is 0 Å². The van der Waals surface area contributed by atoms with E-state index in [2.05, 4.69) is 6.58 Å². The van der Waals surface area contributed by atoms with Gasteiger partial charge in [-0.25, -0.2) is 0 Å². The highest BCUT2D eigenvalue weighted by Gasteiger charge is 2.41. The van der Waals surface area contributed by atoms with Crippen molar-refractivity contribution in [2.75, 3.05) is 18.0 Å². The van der Waals surface area contributed by atoms with E-state index in [0.29, 0.717) is 18.1 Å². The monoisotopic (exact) mass is 289 g/mol. The predicted octanol–water partition coefficient (Wildman–Crippen LogP) is 4.76. The lowest BCUT2D eigenvalue weighted by Crippen LogP contribution is -2.39. The molecule has 1 aliphatic rings. The molecule has 0 aliphatic carbocycles. The van der Waals surface area contributed by atoms with E-state index < -0.39 is 12.1 Å². The molecular weight excluding hydrogens is 275 g/mol. The second kappa shape index (κ2) is 5.45. The van der Waals surface area contributed by atoms with Crippen LogP contribution in [-0.2, 0) is 0 Å². The zero-order chi connectivity index (χ0) is 14.0. The molecule has 1 aromatic carbocycles. The number of piperidine rings is 1. The second-order valence-corrected chi connectivity index (χ2v) is 5.13. The lowest BCUT2D eigenvalue weighted by molar-refractivity contribution is -0.179. The Morgan fingerprint density at radius 1 is 1.26 bits per heavy atom. The van der Waals surface area contributed by atoms with Crippen molar-refractivity contribution in [1.82, 2.24) is 0 Å². The zero-order valence-electron chi connectivity index (χ0n) is 10.4. The molecule has 0 saturated carbocycles. The average molecular weight is 290 g/mol. The van der Waals surface area contributed by atoms with Crippen LogP contribution < -0.4 is 4.90 Å². The van der Waals surface area contributed by atoms with Crippen molar-refractivity contribution in [1.29, 1.82) is 0 Å². The number of alkyl halides is 3. The molecule has 0 radical (unpaired) electrons. The van der Waals surface area contributed by atoms with Crippen LogP contribution in [0.4, 0.5) is 18.9 Å². The van der Waals surface area contributed by atoms with Gasteiger partial charge in [-0.05, 0) is 30.5 Å². The number of hydrogen-bond donors (Lipinski definition) is 0. The van der Waals surface area contributed by atoms with Crippen molar-refractivity contribution in [3.05, 3.63) is 35.4 Å². The summed E-state index contributed by atoms with van der Waals surface area (Å²) in [5.74, 6) is -1.19. The van der Waals surface area contributed by atoms with Gasteiger partial charge in [-0.1, -0.05) is 30.3 Å². The van der Waals surface area contributed by atoms with Gasteiger partial charge in [0.1, 0.15) is 0 Å². The first kappa shape index (κ1) is 14.3. The van der Waals surface area contributed by atoms with Crippen LogP contribution in [0.5, 0.6) is 0 Å². The predicted molar refractivity (Wildman–Crippen MR) is 72.5 cm³/mol. The Kier molecular flexibility index (Phi) is 4.09. The molecule has 1 saturated heterocycles. The van der Waals surface area contributed by atoms with E-state index in [1.807, 2.05) is 17.0 Å². The molecule has 1 aromatic rings. The van der Waals surface area contributed by atoms with Gasteiger partial charge >= 0.3 is 6.18 Å². The maximum Gasteiger partial charge on any atom is 0.391 e. The molecule has 104 valence electrons. The van der Waals surface area contributed by atoms with Gasteiger partial charge in [0.2, 0.25) is 0 Å². The minimum absolute atomic E-state index is 0.128. The maximum absolute atomic E-state index is 12.6. The lowest BCUT2D eigenvalue weighted by atomic mass is 9.96. The van der Waals surface area contributed by atoms with Gasteiger partial charge in [-0.15, -0.1) is 0 Å². The minimum Gasteiger partial charge on any atom is -0.370 e. The Hall–Kier alpha value is -1.16. The fourth-order valence-electron chi connectivity index (χ4n) is 2.35. The van der Waals surface area contributed by atoms with Crippen LogP contribution in [0.1, 0.15) is 18.4 Å². The van der Waals surface area contributed by atoms with Gasteiger partial charge in [0.15, 0.2) is 0 Å². The van der Waals surface area contributed by atoms with E-state index in [0.717, 1.165) is 11.3 Å². The number of anilines is 1. The van der Waals surface area contributed by atoms with Crippen molar-refractivity contribution in [3.8, 4) is 0 Å². The third-order valence-corrected chi connectivity index (χ3v) is 3.81. The molecule has 1 fully saturated rings. The topological polar surface area (TPSA) is 3.24 Å². The number of benzene rings is 1. The van der Waals surface area contributed by atoms with Crippen LogP contribution in [-0.4, -0.2) is 19.3 Å². The summed E-state index contributed by atoms with van der Waals surface area (Å²) in [6, 6.07) is 5.48. The normalized spacial score (nSPS) is 17.6. The molecule has 0 atom stereocenters. The van der Waals surface area contributed by atoms with Gasteiger partial charge in [0.05, 0.1) is 16.6 Å². The quantitative estimate of drug-likeness (QED) is 0.758. The lowest BCUT2D eigenvalue weighted by Gasteiger charge is -2.34. The third kappa shape index (κ3) is 3.24. The van der Waals surface area contributed by atoms with Gasteiger partial charge in [0, 0.05) is 13.1 Å². The Morgan fingerprint density at radius 2 is 1.89 bits per heavy atom. The highest BCUT2D eigenvalue weighted by molar-refractivity contribution is 6.33. The zero-order valence-corrected chi connectivity index (χ0v) is 11.1. The number of nitrogens with zero attached hydrogens (tertiary/aromatic N) is 1. The first-order valence-corrected chi connectivity index (χ1v) is 6.53. The summed E-state index contributed by atoms with van der Waals surface area (Å²) in [4.78, 5) is 1.91. The smallest absolute Gasteiger partial charge is 0.370 e. The van der Waals surface area contributed by atoms with Crippen LogP contribution >= 0.6 is 11.6 Å². The van der Waals surface area contributed by atoms with Crippen molar-refractivity contribution in [2.24, 2.45) is 5.92 Å². The Morgan fingerprint density at radius 3 is 2.37 bits per heavy atom. The van der Waals surface area contributed by atoms with Crippen LogP contribution in [0, 0.1) is 5.92 Å². The summed E-state index contributed by atoms with van der Waals surface area (Å²) in [6.45, 7) is 4.43. The molecule has 0 bridgehead atoms. The van der Waals surface area contributed by atoms with E-state index >= 15 is 0 Å². The van der Waals surface area contributed by atoms with E-state index in [9.17, 15) is 13.2 Å². The SMILES string of the molecule is C=Cc1ccc(N2CCC(C(F)(F)F)CC2)c(Cl)c1. The number of rotatable bonds is 2. The molecule has 19 heavy (non-hydrogen) atoms. The Bertz CT molecular complexity index is 462. The fourth-order valence-corrected chi connectivity index (χ4v) is 2.66. The molecule has 0 amide bonds. The van der Waals surface area contributed by atoms with Crippen LogP contribution in [0.15, 0.2) is 24.8 Å². The van der Waals surface area contributed by atoms with Crippen molar-refractivity contribution >= 4 is 23.4 Å². The van der Waals surface area contributed by atoms with E-state index in [1.165, 1.54) is 0 Å². The van der Waals surface area contributed by atoms with Crippen molar-refractivity contribution < 1.29 is 13.2 Å². The Labute approximate surface area is 115 Å². The van der Waals surface area contributed by atoms with Gasteiger partial charge in [0.25, 0.3) is 0 Å². The summed E-state index contributed by atoms with van der Waals surface area (Å²) in [7, 11) is 0. The molecule has 1 nitrogen and oxygen atoms in total. The summed E-state index contributed by atoms with van der Waals surface area (Å²) < 4.78 is 37.8. The fraction of sp³-hybridized carbons (Fsp3) is 0.429. The van der Waals surface area contributed by atoms with Gasteiger partial charge in [-0.2, -0.15) is 13.2 Å². The minimum atomic E-state index is -4.08. The molecule has 0 aromatic heterocycles. The summed E-state index contributed by atoms with van der Waals surface area (Å²) in [6.07, 6.45) is -2.14. The molecular formula is C14H15ClF3N. The molecule has 0 N–H and O–H groups in total. The Balaban J connectivity index is 2.08. The molecule has 2 rings (SSSR count). The maximum atomic E-state index is 12.6. The summed E-state index contributed by atoms with van der Waals surface area (Å²) in [5.41, 5.74) is 1.70. The first-order valence-electron chi connectivity index (χ1n) is 6.15. The standard InChI is InChI=1S/C14H15ClF3N/c1-2-10-3-4-13(12(15)9-10)19-7-5-11(6-8-19)14(16,17)18/h2-4,9,11H,1,5-8H2. The first-order chi connectivity index (χ1) is 8.91. The highest BCUT2D eigenvalue weighted by Crippen LogP contribution is 2.37. The second-order valence-electron chi connectivity index (χ2n) is 4.72. The van der Waals surface area contributed by atoms with Crippen molar-refractivity contribution in [3.63, 3.8) is 0 Å². The molecule has 5 heteroatoms. The van der Waals surface area contributed by atoms with Crippen LogP contribution in [0.2, 0.25) is 5.02 Å². The van der Waals surface area contributed by atoms with E-state index in [-0.39, 0.29) is 12.8 Å². The van der Waals surface area contributed by atoms with Crippen molar-refractivity contribution in [2.45, 2.75) is 19.0 Å². The molecule has 1 aliphatic heterocycles.